The van der Waals surface area contributed by atoms with Gasteiger partial charge >= 0.3 is 6.01 Å². The summed E-state index contributed by atoms with van der Waals surface area (Å²) in [5.74, 6) is 1.88. The number of halogens is 1. The number of nitrogens with one attached hydrogen (secondary N) is 3. The van der Waals surface area contributed by atoms with Crippen LogP contribution in [0.4, 0.5) is 15.9 Å². The van der Waals surface area contributed by atoms with E-state index >= 15 is 4.39 Å². The zero-order chi connectivity index (χ0) is 22.0. The zero-order valence-electron chi connectivity index (χ0n) is 18.0. The number of fused-ring (bicyclic) bond motifs is 1. The van der Waals surface area contributed by atoms with E-state index in [1.165, 1.54) is 0 Å². The van der Waals surface area contributed by atoms with Crippen LogP contribution in [0.5, 0.6) is 11.8 Å². The highest BCUT2D eigenvalue weighted by Crippen LogP contribution is 2.43. The monoisotopic (exact) mass is 434 g/mol. The second-order valence-electron chi connectivity index (χ2n) is 8.43. The maximum Gasteiger partial charge on any atom is 0.326 e. The second-order valence-corrected chi connectivity index (χ2v) is 8.43. The number of hydrogen-bond donors (Lipinski definition) is 3. The fourth-order valence-corrected chi connectivity index (χ4v) is 5.00. The first-order chi connectivity index (χ1) is 15.5. The summed E-state index contributed by atoms with van der Waals surface area (Å²) in [5, 5.41) is 8.21. The Morgan fingerprint density at radius 2 is 2.00 bits per heavy atom. The van der Waals surface area contributed by atoms with Crippen molar-refractivity contribution in [1.29, 1.82) is 0 Å². The number of benzene rings is 1. The molecule has 4 aromatic rings. The maximum atomic E-state index is 15.3. The summed E-state index contributed by atoms with van der Waals surface area (Å²) in [7, 11) is 3.82. The van der Waals surface area contributed by atoms with Crippen LogP contribution >= 0.6 is 0 Å². The van der Waals surface area contributed by atoms with E-state index in [1.807, 2.05) is 14.0 Å². The molecule has 0 aliphatic carbocycles. The smallest absolute Gasteiger partial charge is 0.326 e. The molecule has 5 heterocycles. The number of likely N-dealkylation sites (N-methyl/N-ethyl adjacent to an activating group) is 1. The van der Waals surface area contributed by atoms with Crippen LogP contribution in [0.15, 0.2) is 18.5 Å². The van der Waals surface area contributed by atoms with Crippen LogP contribution in [0.25, 0.3) is 21.9 Å². The summed E-state index contributed by atoms with van der Waals surface area (Å²) in [6.45, 7) is 3.46. The molecule has 1 fully saturated rings. The van der Waals surface area contributed by atoms with Gasteiger partial charge in [-0.05, 0) is 30.9 Å². The van der Waals surface area contributed by atoms with Gasteiger partial charge in [0.1, 0.15) is 23.1 Å². The minimum Gasteiger partial charge on any atom is -0.421 e. The predicted molar refractivity (Wildman–Crippen MR) is 120 cm³/mol. The highest BCUT2D eigenvalue weighted by molar-refractivity contribution is 6.16. The lowest BCUT2D eigenvalue weighted by molar-refractivity contribution is 0.436. The lowest BCUT2D eigenvalue weighted by atomic mass is 9.89. The summed E-state index contributed by atoms with van der Waals surface area (Å²) in [5.41, 5.74) is 2.82. The fraction of sp³-hybridized carbons (Fsp3) is 0.364. The van der Waals surface area contributed by atoms with Gasteiger partial charge in [0.05, 0.1) is 29.0 Å². The Kier molecular flexibility index (Phi) is 4.19. The third-order valence-electron chi connectivity index (χ3n) is 6.58. The lowest BCUT2D eigenvalue weighted by Crippen LogP contribution is -2.40. The number of anilines is 2. The van der Waals surface area contributed by atoms with Gasteiger partial charge in [-0.1, -0.05) is 0 Å². The average molecular weight is 434 g/mol. The molecule has 0 unspecified atom stereocenters. The van der Waals surface area contributed by atoms with Crippen LogP contribution < -0.4 is 20.3 Å². The molecule has 2 atom stereocenters. The van der Waals surface area contributed by atoms with Crippen molar-refractivity contribution in [1.82, 2.24) is 30.2 Å². The van der Waals surface area contributed by atoms with E-state index in [9.17, 15) is 0 Å². The summed E-state index contributed by atoms with van der Waals surface area (Å²) in [6, 6.07) is 1.93. The number of rotatable bonds is 3. The minimum absolute atomic E-state index is 0.185. The summed E-state index contributed by atoms with van der Waals surface area (Å²) in [6.07, 6.45) is 3.84. The molecule has 164 valence electrons. The third-order valence-corrected chi connectivity index (χ3v) is 6.58. The third kappa shape index (κ3) is 2.79. The number of ether oxygens (including phenoxy) is 1. The molecule has 0 radical (unpaired) electrons. The number of aryl methyl sites for hydroxylation is 1. The van der Waals surface area contributed by atoms with E-state index in [0.29, 0.717) is 34.9 Å². The molecule has 9 nitrogen and oxygen atoms in total. The molecule has 0 spiro atoms. The van der Waals surface area contributed by atoms with Gasteiger partial charge in [-0.3, -0.25) is 0 Å². The van der Waals surface area contributed by atoms with Crippen LogP contribution in [0.1, 0.15) is 11.4 Å². The number of aromatic amines is 1. The van der Waals surface area contributed by atoms with Crippen molar-refractivity contribution in [3.8, 4) is 11.8 Å². The average Bonchev–Trinajstić information content (AvgIpc) is 3.39. The van der Waals surface area contributed by atoms with Crippen molar-refractivity contribution >= 4 is 33.4 Å². The normalized spacial score (nSPS) is 19.9. The zero-order valence-corrected chi connectivity index (χ0v) is 18.0. The van der Waals surface area contributed by atoms with Crippen molar-refractivity contribution in [2.24, 2.45) is 5.92 Å². The molecule has 2 aliphatic rings. The minimum atomic E-state index is -0.207. The van der Waals surface area contributed by atoms with Gasteiger partial charge < -0.3 is 25.3 Å². The lowest BCUT2D eigenvalue weighted by Gasteiger charge is -2.32. The van der Waals surface area contributed by atoms with Crippen LogP contribution in [-0.2, 0) is 6.42 Å². The van der Waals surface area contributed by atoms with Crippen molar-refractivity contribution in [3.63, 3.8) is 0 Å². The molecule has 0 bridgehead atoms. The van der Waals surface area contributed by atoms with Gasteiger partial charge in [0.25, 0.3) is 0 Å². The molecule has 3 N–H and O–H groups in total. The first-order valence-corrected chi connectivity index (χ1v) is 10.7. The van der Waals surface area contributed by atoms with E-state index in [1.54, 1.807) is 25.5 Å². The molecular formula is C22H23FN8O. The molecule has 1 aromatic carbocycles. The van der Waals surface area contributed by atoms with Crippen LogP contribution in [0.2, 0.25) is 0 Å². The molecule has 1 saturated heterocycles. The van der Waals surface area contributed by atoms with E-state index in [-0.39, 0.29) is 23.8 Å². The Labute approximate surface area is 183 Å². The van der Waals surface area contributed by atoms with Crippen molar-refractivity contribution < 1.29 is 9.13 Å². The standard InChI is InChI=1S/C22H23FN8O/c1-10-26-7-12(8-27-10)32-22-29-20-18-17-13(14(23)5-15(24-2)19(17)28-20)4-11-6-25-9-16(11)31(3)21(18)30-22/h5,7-8,11,16,24-25H,4,6,9H2,1-3H3,(H,28,29,30)/t11-,16+/m1/s1. The Hall–Kier alpha value is -3.53. The van der Waals surface area contributed by atoms with E-state index in [0.717, 1.165) is 35.2 Å². The van der Waals surface area contributed by atoms with Crippen molar-refractivity contribution in [2.75, 3.05) is 37.4 Å². The van der Waals surface area contributed by atoms with Crippen LogP contribution in [0.3, 0.4) is 0 Å². The molecular weight excluding hydrogens is 411 g/mol. The van der Waals surface area contributed by atoms with E-state index < -0.39 is 0 Å². The number of H-pyrrole nitrogens is 1. The van der Waals surface area contributed by atoms with Crippen LogP contribution in [-0.4, -0.2) is 58.1 Å². The predicted octanol–water partition coefficient (Wildman–Crippen LogP) is 2.76. The largest absolute Gasteiger partial charge is 0.421 e. The molecule has 6 rings (SSSR count). The van der Waals surface area contributed by atoms with Crippen molar-refractivity contribution in [2.45, 2.75) is 19.4 Å². The number of nitrogens with zero attached hydrogens (tertiary/aromatic N) is 5. The fourth-order valence-electron chi connectivity index (χ4n) is 5.00. The van der Waals surface area contributed by atoms with Gasteiger partial charge in [0, 0.05) is 38.6 Å². The first kappa shape index (κ1) is 19.2. The Morgan fingerprint density at radius 1 is 1.19 bits per heavy atom. The summed E-state index contributed by atoms with van der Waals surface area (Å²) < 4.78 is 21.2. The Bertz CT molecular complexity index is 1350. The quantitative estimate of drug-likeness (QED) is 0.452. The molecule has 2 aliphatic heterocycles. The molecule has 10 heteroatoms. The number of aromatic nitrogens is 5. The van der Waals surface area contributed by atoms with Gasteiger partial charge in [-0.25, -0.2) is 14.4 Å². The van der Waals surface area contributed by atoms with E-state index in [2.05, 4.69) is 35.5 Å². The van der Waals surface area contributed by atoms with E-state index in [4.69, 9.17) is 9.72 Å². The first-order valence-electron chi connectivity index (χ1n) is 10.7. The van der Waals surface area contributed by atoms with Gasteiger partial charge in [0.2, 0.25) is 0 Å². The molecule has 32 heavy (non-hydrogen) atoms. The van der Waals surface area contributed by atoms with Gasteiger partial charge in [-0.15, -0.1) is 0 Å². The van der Waals surface area contributed by atoms with Crippen molar-refractivity contribution in [3.05, 3.63) is 35.7 Å². The van der Waals surface area contributed by atoms with Gasteiger partial charge in [0.15, 0.2) is 5.75 Å². The van der Waals surface area contributed by atoms with Crippen LogP contribution in [0, 0.1) is 18.7 Å². The summed E-state index contributed by atoms with van der Waals surface area (Å²) in [4.78, 5) is 23.3. The molecule has 0 saturated carbocycles. The maximum absolute atomic E-state index is 15.3. The number of hydrogen-bond acceptors (Lipinski definition) is 8. The SMILES string of the molecule is CNc1cc(F)c2c3c1[nH]c1nc(Oc4cnc(C)nc4)nc(c13)N(C)[C@H]1CNC[C@H]1C2. The highest BCUT2D eigenvalue weighted by atomic mass is 19.1. The van der Waals surface area contributed by atoms with Gasteiger partial charge in [-0.2, -0.15) is 9.97 Å². The topological polar surface area (TPSA) is 104 Å². The Morgan fingerprint density at radius 3 is 2.78 bits per heavy atom. The Balaban J connectivity index is 1.63. The molecule has 0 amide bonds. The highest BCUT2D eigenvalue weighted by Gasteiger charge is 2.36. The second kappa shape index (κ2) is 6.99. The molecule has 3 aromatic heterocycles. The summed E-state index contributed by atoms with van der Waals surface area (Å²) >= 11 is 0.